The van der Waals surface area contributed by atoms with Crippen LogP contribution in [0.2, 0.25) is 0 Å². The number of terminal acetylenes is 1. The van der Waals surface area contributed by atoms with Gasteiger partial charge in [0.15, 0.2) is 0 Å². The van der Waals surface area contributed by atoms with Crippen molar-refractivity contribution in [1.82, 2.24) is 0 Å². The van der Waals surface area contributed by atoms with Crippen molar-refractivity contribution < 1.29 is 4.74 Å². The van der Waals surface area contributed by atoms with Crippen molar-refractivity contribution in [2.45, 2.75) is 39.7 Å². The van der Waals surface area contributed by atoms with Crippen LogP contribution in [0.5, 0.6) is 5.75 Å². The van der Waals surface area contributed by atoms with E-state index in [9.17, 15) is 0 Å². The highest BCUT2D eigenvalue weighted by molar-refractivity contribution is 5.43. The molecular weight excluding hydrogens is 210 g/mol. The third-order valence-corrected chi connectivity index (χ3v) is 2.57. The van der Waals surface area contributed by atoms with Crippen molar-refractivity contribution in [3.63, 3.8) is 0 Å². The predicted molar refractivity (Wildman–Crippen MR) is 72.2 cm³/mol. The number of ether oxygens (including phenoxy) is 1. The first-order valence-electron chi connectivity index (χ1n) is 5.96. The summed E-state index contributed by atoms with van der Waals surface area (Å²) in [6, 6.07) is 4.46. The van der Waals surface area contributed by atoms with Crippen molar-refractivity contribution in [2.75, 3.05) is 6.61 Å². The Kier molecular flexibility index (Phi) is 5.06. The first-order chi connectivity index (χ1) is 8.04. The van der Waals surface area contributed by atoms with E-state index in [0.29, 0.717) is 13.0 Å². The lowest BCUT2D eigenvalue weighted by atomic mass is 10.0. The Hall–Kier alpha value is -1.46. The second kappa shape index (κ2) is 6.32. The highest BCUT2D eigenvalue weighted by Crippen LogP contribution is 2.25. The maximum Gasteiger partial charge on any atom is 0.125 e. The van der Waals surface area contributed by atoms with Crippen LogP contribution in [0, 0.1) is 26.2 Å². The summed E-state index contributed by atoms with van der Waals surface area (Å²) >= 11 is 0. The second-order valence-electron chi connectivity index (χ2n) is 4.54. The predicted octanol–water partition coefficient (Wildman–Crippen LogP) is 2.60. The summed E-state index contributed by atoms with van der Waals surface area (Å²) in [6.07, 6.45) is 6.74. The first-order valence-corrected chi connectivity index (χ1v) is 5.96. The summed E-state index contributed by atoms with van der Waals surface area (Å²) in [7, 11) is 0. The Morgan fingerprint density at radius 1 is 1.35 bits per heavy atom. The molecule has 0 spiro atoms. The fraction of sp³-hybridized carbons (Fsp3) is 0.467. The molecule has 0 bridgehead atoms. The van der Waals surface area contributed by atoms with E-state index >= 15 is 0 Å². The third kappa shape index (κ3) is 4.13. The van der Waals surface area contributed by atoms with E-state index in [1.54, 1.807) is 0 Å². The van der Waals surface area contributed by atoms with E-state index in [2.05, 4.69) is 31.9 Å². The van der Waals surface area contributed by atoms with Gasteiger partial charge in [0.05, 0.1) is 6.61 Å². The van der Waals surface area contributed by atoms with E-state index in [1.807, 2.05) is 6.92 Å². The lowest BCUT2D eigenvalue weighted by Gasteiger charge is -2.14. The summed E-state index contributed by atoms with van der Waals surface area (Å²) in [6.45, 7) is 6.71. The monoisotopic (exact) mass is 231 g/mol. The fourth-order valence-corrected chi connectivity index (χ4v) is 1.97. The van der Waals surface area contributed by atoms with Gasteiger partial charge in [0.1, 0.15) is 5.75 Å². The molecule has 1 rings (SSSR count). The molecule has 17 heavy (non-hydrogen) atoms. The molecule has 0 fully saturated rings. The van der Waals surface area contributed by atoms with Gasteiger partial charge < -0.3 is 10.5 Å². The maximum absolute atomic E-state index is 5.81. The topological polar surface area (TPSA) is 35.2 Å². The van der Waals surface area contributed by atoms with Crippen molar-refractivity contribution in [1.29, 1.82) is 0 Å². The van der Waals surface area contributed by atoms with Crippen LogP contribution in [0.15, 0.2) is 12.1 Å². The van der Waals surface area contributed by atoms with E-state index in [4.69, 9.17) is 16.9 Å². The van der Waals surface area contributed by atoms with Crippen LogP contribution in [-0.4, -0.2) is 12.6 Å². The number of hydrogen-bond donors (Lipinski definition) is 1. The van der Waals surface area contributed by atoms with E-state index in [0.717, 1.165) is 23.3 Å². The zero-order valence-electron chi connectivity index (χ0n) is 10.9. The Morgan fingerprint density at radius 2 is 1.94 bits per heavy atom. The van der Waals surface area contributed by atoms with Gasteiger partial charge in [-0.3, -0.25) is 0 Å². The molecule has 92 valence electrons. The van der Waals surface area contributed by atoms with Gasteiger partial charge in [0.2, 0.25) is 0 Å². The van der Waals surface area contributed by atoms with Crippen LogP contribution < -0.4 is 10.5 Å². The average molecular weight is 231 g/mol. The summed E-state index contributed by atoms with van der Waals surface area (Å²) in [5, 5.41) is 0. The van der Waals surface area contributed by atoms with Gasteiger partial charge >= 0.3 is 0 Å². The zero-order chi connectivity index (χ0) is 12.8. The van der Waals surface area contributed by atoms with Crippen molar-refractivity contribution >= 4 is 0 Å². The van der Waals surface area contributed by atoms with Gasteiger partial charge in [-0.2, -0.15) is 0 Å². The first kappa shape index (κ1) is 13.6. The number of benzene rings is 1. The minimum absolute atomic E-state index is 0.182. The van der Waals surface area contributed by atoms with Crippen molar-refractivity contribution in [3.8, 4) is 18.1 Å². The molecule has 0 aromatic heterocycles. The van der Waals surface area contributed by atoms with Gasteiger partial charge in [0, 0.05) is 12.5 Å². The molecule has 0 aliphatic carbocycles. The Bertz CT molecular complexity index is 392. The number of nitrogens with two attached hydrogens (primary N) is 1. The minimum atomic E-state index is 0.182. The van der Waals surface area contributed by atoms with Gasteiger partial charge in [-0.05, 0) is 43.9 Å². The summed E-state index contributed by atoms with van der Waals surface area (Å²) in [4.78, 5) is 0. The lowest BCUT2D eigenvalue weighted by molar-refractivity contribution is 0.322. The molecule has 2 N–H and O–H groups in total. The molecule has 0 heterocycles. The standard InChI is InChI=1S/C15H21NO/c1-5-6-7-17-15-11(2)8-14(9-12(15)3)10-13(4)16/h1,8-9,13H,6-7,10,16H2,2-4H3. The van der Waals surface area contributed by atoms with Crippen LogP contribution in [0.25, 0.3) is 0 Å². The summed E-state index contributed by atoms with van der Waals surface area (Å²) in [5.41, 5.74) is 9.37. The summed E-state index contributed by atoms with van der Waals surface area (Å²) < 4.78 is 5.69. The van der Waals surface area contributed by atoms with E-state index < -0.39 is 0 Å². The molecule has 0 saturated carbocycles. The molecule has 0 saturated heterocycles. The largest absolute Gasteiger partial charge is 0.492 e. The highest BCUT2D eigenvalue weighted by atomic mass is 16.5. The van der Waals surface area contributed by atoms with Gasteiger partial charge in [0.25, 0.3) is 0 Å². The Labute approximate surface area is 104 Å². The normalized spacial score (nSPS) is 11.9. The van der Waals surface area contributed by atoms with E-state index in [-0.39, 0.29) is 6.04 Å². The lowest BCUT2D eigenvalue weighted by Crippen LogP contribution is -2.18. The highest BCUT2D eigenvalue weighted by Gasteiger charge is 2.07. The second-order valence-corrected chi connectivity index (χ2v) is 4.54. The molecule has 1 aromatic carbocycles. The fourth-order valence-electron chi connectivity index (χ4n) is 1.97. The molecule has 0 aliphatic rings. The average Bonchev–Trinajstić information content (AvgIpc) is 2.21. The SMILES string of the molecule is C#CCCOc1c(C)cc(CC(C)N)cc1C. The molecule has 2 heteroatoms. The molecule has 1 aromatic rings. The minimum Gasteiger partial charge on any atom is -0.492 e. The van der Waals surface area contributed by atoms with Crippen LogP contribution >= 0.6 is 0 Å². The molecule has 2 nitrogen and oxygen atoms in total. The smallest absolute Gasteiger partial charge is 0.125 e. The molecule has 1 unspecified atom stereocenters. The quantitative estimate of drug-likeness (QED) is 0.624. The van der Waals surface area contributed by atoms with Crippen LogP contribution in [-0.2, 0) is 6.42 Å². The molecule has 0 aliphatic heterocycles. The van der Waals surface area contributed by atoms with Crippen molar-refractivity contribution in [3.05, 3.63) is 28.8 Å². The van der Waals surface area contributed by atoms with Gasteiger partial charge in [-0.1, -0.05) is 12.1 Å². The molecule has 1 atom stereocenters. The van der Waals surface area contributed by atoms with Crippen LogP contribution in [0.1, 0.15) is 30.0 Å². The Balaban J connectivity index is 2.83. The summed E-state index contributed by atoms with van der Waals surface area (Å²) in [5.74, 6) is 3.53. The zero-order valence-corrected chi connectivity index (χ0v) is 10.9. The number of rotatable bonds is 5. The van der Waals surface area contributed by atoms with E-state index in [1.165, 1.54) is 5.56 Å². The Morgan fingerprint density at radius 3 is 2.41 bits per heavy atom. The van der Waals surface area contributed by atoms with Gasteiger partial charge in [-0.25, -0.2) is 0 Å². The third-order valence-electron chi connectivity index (χ3n) is 2.57. The molecule has 0 radical (unpaired) electrons. The maximum atomic E-state index is 5.81. The molecule has 0 amide bonds. The van der Waals surface area contributed by atoms with Crippen LogP contribution in [0.4, 0.5) is 0 Å². The van der Waals surface area contributed by atoms with Crippen LogP contribution in [0.3, 0.4) is 0 Å². The number of hydrogen-bond acceptors (Lipinski definition) is 2. The molecular formula is C15H21NO. The van der Waals surface area contributed by atoms with Gasteiger partial charge in [-0.15, -0.1) is 12.3 Å². The number of aryl methyl sites for hydroxylation is 2. The van der Waals surface area contributed by atoms with Crippen molar-refractivity contribution in [2.24, 2.45) is 5.73 Å².